The number of likely N-dealkylation sites (tertiary alicyclic amines) is 1. The molecule has 3 atom stereocenters. The zero-order valence-electron chi connectivity index (χ0n) is 16.5. The highest BCUT2D eigenvalue weighted by Gasteiger charge is 2.52. The Bertz CT molecular complexity index is 764. The van der Waals surface area contributed by atoms with Crippen LogP contribution in [0.4, 0.5) is 4.79 Å². The fraction of sp³-hybridized carbons (Fsp3) is 0.591. The van der Waals surface area contributed by atoms with Crippen molar-refractivity contribution in [3.8, 4) is 0 Å². The van der Waals surface area contributed by atoms with Gasteiger partial charge in [-0.25, -0.2) is 4.79 Å². The number of piperidine rings is 1. The molecule has 1 N–H and O–H groups in total. The molecule has 1 saturated carbocycles. The molecule has 6 nitrogen and oxygen atoms in total. The van der Waals surface area contributed by atoms with Crippen LogP contribution in [0.15, 0.2) is 30.3 Å². The Morgan fingerprint density at radius 3 is 2.57 bits per heavy atom. The van der Waals surface area contributed by atoms with Gasteiger partial charge in [0.05, 0.1) is 0 Å². The number of carbonyl (C=O) groups excluding carboxylic acids is 3. The van der Waals surface area contributed by atoms with Crippen LogP contribution in [0.2, 0.25) is 0 Å². The Labute approximate surface area is 166 Å². The molecular weight excluding hydrogens is 354 g/mol. The summed E-state index contributed by atoms with van der Waals surface area (Å²) in [6.07, 6.45) is 7.26. The Balaban J connectivity index is 1.52. The van der Waals surface area contributed by atoms with Crippen molar-refractivity contribution in [3.63, 3.8) is 0 Å². The van der Waals surface area contributed by atoms with E-state index in [9.17, 15) is 14.4 Å². The number of nitrogens with zero attached hydrogens (tertiary/aromatic N) is 2. The minimum atomic E-state index is -1.08. The number of rotatable bonds is 4. The van der Waals surface area contributed by atoms with E-state index in [1.165, 1.54) is 19.3 Å². The molecule has 0 bridgehead atoms. The average Bonchev–Trinajstić information content (AvgIpc) is 2.99. The lowest BCUT2D eigenvalue weighted by Gasteiger charge is -2.44. The van der Waals surface area contributed by atoms with E-state index in [-0.39, 0.29) is 24.4 Å². The van der Waals surface area contributed by atoms with Crippen molar-refractivity contribution >= 4 is 17.8 Å². The molecule has 3 unspecified atom stereocenters. The number of carbonyl (C=O) groups is 3. The molecule has 6 heteroatoms. The van der Waals surface area contributed by atoms with Gasteiger partial charge in [-0.15, -0.1) is 0 Å². The third-order valence-electron chi connectivity index (χ3n) is 6.83. The van der Waals surface area contributed by atoms with E-state index < -0.39 is 11.6 Å². The van der Waals surface area contributed by atoms with Gasteiger partial charge in [0.2, 0.25) is 5.91 Å². The Morgan fingerprint density at radius 1 is 1.11 bits per heavy atom. The summed E-state index contributed by atoms with van der Waals surface area (Å²) in [4.78, 5) is 42.1. The van der Waals surface area contributed by atoms with Crippen LogP contribution in [0.25, 0.3) is 0 Å². The van der Waals surface area contributed by atoms with Crippen molar-refractivity contribution in [3.05, 3.63) is 35.9 Å². The molecule has 1 aromatic carbocycles. The summed E-state index contributed by atoms with van der Waals surface area (Å²) in [5.74, 6) is 0.158. The molecule has 3 fully saturated rings. The number of imide groups is 1. The van der Waals surface area contributed by atoms with Crippen LogP contribution < -0.4 is 5.32 Å². The average molecular weight is 383 g/mol. The van der Waals surface area contributed by atoms with Crippen LogP contribution >= 0.6 is 0 Å². The van der Waals surface area contributed by atoms with Gasteiger partial charge in [0.15, 0.2) is 0 Å². The van der Waals surface area contributed by atoms with Gasteiger partial charge in [-0.1, -0.05) is 50.1 Å². The van der Waals surface area contributed by atoms with Gasteiger partial charge < -0.3 is 10.2 Å². The van der Waals surface area contributed by atoms with Gasteiger partial charge in [0, 0.05) is 12.6 Å². The summed E-state index contributed by atoms with van der Waals surface area (Å²) in [5.41, 5.74) is -0.315. The van der Waals surface area contributed by atoms with Crippen LogP contribution in [-0.4, -0.2) is 46.8 Å². The Hall–Kier alpha value is -2.37. The number of amides is 4. The molecule has 0 radical (unpaired) electrons. The lowest BCUT2D eigenvalue weighted by atomic mass is 9.78. The maximum atomic E-state index is 13.2. The van der Waals surface area contributed by atoms with Crippen LogP contribution in [0, 0.1) is 5.92 Å². The number of hydrogen-bond acceptors (Lipinski definition) is 3. The van der Waals surface area contributed by atoms with Crippen LogP contribution in [0.5, 0.6) is 0 Å². The molecule has 0 spiro atoms. The molecule has 3 aliphatic rings. The largest absolute Gasteiger partial charge is 0.338 e. The molecule has 2 saturated heterocycles. The topological polar surface area (TPSA) is 69.7 Å². The van der Waals surface area contributed by atoms with Gasteiger partial charge in [-0.2, -0.15) is 0 Å². The van der Waals surface area contributed by atoms with Crippen molar-refractivity contribution in [1.82, 2.24) is 15.1 Å². The second-order valence-corrected chi connectivity index (χ2v) is 8.29. The first-order valence-corrected chi connectivity index (χ1v) is 10.6. The zero-order valence-corrected chi connectivity index (χ0v) is 16.5. The van der Waals surface area contributed by atoms with Gasteiger partial charge in [-0.05, 0) is 43.6 Å². The van der Waals surface area contributed by atoms with E-state index in [2.05, 4.69) is 5.32 Å². The number of hydrogen-bond donors (Lipinski definition) is 1. The van der Waals surface area contributed by atoms with Crippen molar-refractivity contribution in [1.29, 1.82) is 0 Å². The highest BCUT2D eigenvalue weighted by Crippen LogP contribution is 2.36. The molecule has 1 aromatic rings. The molecule has 2 aliphatic heterocycles. The van der Waals surface area contributed by atoms with Crippen molar-refractivity contribution in [2.24, 2.45) is 5.92 Å². The van der Waals surface area contributed by atoms with Crippen molar-refractivity contribution < 1.29 is 14.4 Å². The Morgan fingerprint density at radius 2 is 1.82 bits per heavy atom. The third-order valence-corrected chi connectivity index (χ3v) is 6.83. The molecule has 4 rings (SSSR count). The summed E-state index contributed by atoms with van der Waals surface area (Å²) in [5, 5.41) is 2.86. The van der Waals surface area contributed by atoms with E-state index in [0.717, 1.165) is 36.3 Å². The first kappa shape index (κ1) is 19.0. The predicted molar refractivity (Wildman–Crippen MR) is 105 cm³/mol. The number of nitrogens with one attached hydrogen (secondary N) is 1. The molecule has 150 valence electrons. The summed E-state index contributed by atoms with van der Waals surface area (Å²) in [7, 11) is 0. The van der Waals surface area contributed by atoms with Gasteiger partial charge in [-0.3, -0.25) is 14.5 Å². The predicted octanol–water partition coefficient (Wildman–Crippen LogP) is 3.02. The van der Waals surface area contributed by atoms with Gasteiger partial charge in [0.1, 0.15) is 12.1 Å². The summed E-state index contributed by atoms with van der Waals surface area (Å²) >= 11 is 0. The minimum Gasteiger partial charge on any atom is -0.338 e. The SMILES string of the molecule is CCC1(c2ccccc2)NC(=O)N(CC(=O)N2CCCC3CCCCC32)C1=O. The standard InChI is InChI=1S/C22H29N3O3/c1-2-22(17-11-4-3-5-12-17)20(27)25(21(28)23-22)15-19(26)24-14-8-10-16-9-6-7-13-18(16)24/h3-5,11-12,16,18H,2,6-10,13-15H2,1H3,(H,23,28). The quantitative estimate of drug-likeness (QED) is 0.813. The first-order chi connectivity index (χ1) is 13.6. The van der Waals surface area contributed by atoms with Crippen molar-refractivity contribution in [2.45, 2.75) is 63.5 Å². The van der Waals surface area contributed by atoms with E-state index in [4.69, 9.17) is 0 Å². The normalized spacial score (nSPS) is 30.2. The van der Waals surface area contributed by atoms with Crippen LogP contribution in [0.3, 0.4) is 0 Å². The molecule has 4 amide bonds. The van der Waals surface area contributed by atoms with E-state index in [1.54, 1.807) is 0 Å². The molecular formula is C22H29N3O3. The lowest BCUT2D eigenvalue weighted by molar-refractivity contribution is -0.143. The van der Waals surface area contributed by atoms with Crippen molar-refractivity contribution in [2.75, 3.05) is 13.1 Å². The van der Waals surface area contributed by atoms with E-state index in [1.807, 2.05) is 42.2 Å². The smallest absolute Gasteiger partial charge is 0.325 e. The fourth-order valence-electron chi connectivity index (χ4n) is 5.29. The van der Waals surface area contributed by atoms with Crippen LogP contribution in [0.1, 0.15) is 57.4 Å². The number of urea groups is 1. The molecule has 2 heterocycles. The maximum Gasteiger partial charge on any atom is 0.325 e. The maximum absolute atomic E-state index is 13.2. The molecule has 0 aromatic heterocycles. The second kappa shape index (κ2) is 7.57. The summed E-state index contributed by atoms with van der Waals surface area (Å²) in [6, 6.07) is 9.11. The molecule has 1 aliphatic carbocycles. The monoisotopic (exact) mass is 383 g/mol. The third kappa shape index (κ3) is 3.09. The highest BCUT2D eigenvalue weighted by molar-refractivity contribution is 6.09. The number of benzene rings is 1. The second-order valence-electron chi connectivity index (χ2n) is 8.29. The fourth-order valence-corrected chi connectivity index (χ4v) is 5.29. The summed E-state index contributed by atoms with van der Waals surface area (Å²) in [6.45, 7) is 2.46. The lowest BCUT2D eigenvalue weighted by Crippen LogP contribution is -2.53. The van der Waals surface area contributed by atoms with Crippen LogP contribution in [-0.2, 0) is 15.1 Å². The highest BCUT2D eigenvalue weighted by atomic mass is 16.2. The van der Waals surface area contributed by atoms with E-state index in [0.29, 0.717) is 12.3 Å². The zero-order chi connectivity index (χ0) is 19.7. The molecule has 28 heavy (non-hydrogen) atoms. The number of fused-ring (bicyclic) bond motifs is 1. The summed E-state index contributed by atoms with van der Waals surface area (Å²) < 4.78 is 0. The van der Waals surface area contributed by atoms with E-state index >= 15 is 0 Å². The first-order valence-electron chi connectivity index (χ1n) is 10.6. The Kier molecular flexibility index (Phi) is 5.13. The van der Waals surface area contributed by atoms with Gasteiger partial charge in [0.25, 0.3) is 5.91 Å². The minimum absolute atomic E-state index is 0.0972. The van der Waals surface area contributed by atoms with Gasteiger partial charge >= 0.3 is 6.03 Å².